The van der Waals surface area contributed by atoms with E-state index in [0.717, 1.165) is 25.9 Å². The van der Waals surface area contributed by atoms with Crippen LogP contribution in [0.1, 0.15) is 33.6 Å². The summed E-state index contributed by atoms with van der Waals surface area (Å²) in [7, 11) is 0. The molecule has 0 aromatic heterocycles. The topological polar surface area (TPSA) is 70.2 Å². The lowest BCUT2D eigenvalue weighted by atomic mass is 9.99. The van der Waals surface area contributed by atoms with Crippen LogP contribution in [0.4, 0.5) is 5.69 Å². The molecule has 1 atom stereocenters. The summed E-state index contributed by atoms with van der Waals surface area (Å²) in [6, 6.07) is 16.1. The number of piperidine rings is 1. The zero-order valence-electron chi connectivity index (χ0n) is 14.5. The molecule has 1 aliphatic rings. The van der Waals surface area contributed by atoms with Gasteiger partial charge < -0.3 is 16.0 Å². The maximum absolute atomic E-state index is 12.5. The lowest BCUT2D eigenvalue weighted by molar-refractivity contribution is 0.0945. The van der Waals surface area contributed by atoms with Crippen LogP contribution in [0, 0.1) is 5.92 Å². The van der Waals surface area contributed by atoms with Crippen LogP contribution in [-0.2, 0) is 0 Å². The number of hydrogen-bond donors (Lipinski definition) is 3. The Bertz CT molecular complexity index is 731. The lowest BCUT2D eigenvalue weighted by Gasteiger charge is -2.23. The summed E-state index contributed by atoms with van der Waals surface area (Å²) in [5.41, 5.74) is 1.57. The van der Waals surface area contributed by atoms with Gasteiger partial charge in [-0.05, 0) is 56.1 Å². The Morgan fingerprint density at radius 2 is 1.73 bits per heavy atom. The smallest absolute Gasteiger partial charge is 0.255 e. The summed E-state index contributed by atoms with van der Waals surface area (Å²) in [6.07, 6.45) is 2.27. The minimum Gasteiger partial charge on any atom is -0.352 e. The number of halogens is 1. The average Bonchev–Trinajstić information content (AvgIpc) is 2.68. The molecule has 26 heavy (non-hydrogen) atoms. The molecule has 1 heterocycles. The number of hydrogen-bond acceptors (Lipinski definition) is 3. The van der Waals surface area contributed by atoms with Crippen molar-refractivity contribution in [3.05, 3.63) is 65.7 Å². The monoisotopic (exact) mass is 373 g/mol. The van der Waals surface area contributed by atoms with E-state index in [9.17, 15) is 9.59 Å². The second-order valence-electron chi connectivity index (χ2n) is 6.29. The molecule has 5 nitrogen and oxygen atoms in total. The molecule has 0 bridgehead atoms. The highest BCUT2D eigenvalue weighted by molar-refractivity contribution is 6.08. The third-order valence-electron chi connectivity index (χ3n) is 4.41. The van der Waals surface area contributed by atoms with Crippen molar-refractivity contribution in [3.8, 4) is 0 Å². The van der Waals surface area contributed by atoms with Gasteiger partial charge in [-0.3, -0.25) is 9.59 Å². The van der Waals surface area contributed by atoms with Gasteiger partial charge in [0.1, 0.15) is 0 Å². The first-order chi connectivity index (χ1) is 12.2. The third kappa shape index (κ3) is 5.31. The van der Waals surface area contributed by atoms with Gasteiger partial charge in [0.25, 0.3) is 11.8 Å². The van der Waals surface area contributed by atoms with Crippen LogP contribution in [0.2, 0.25) is 0 Å². The quantitative estimate of drug-likeness (QED) is 0.754. The Labute approximate surface area is 160 Å². The summed E-state index contributed by atoms with van der Waals surface area (Å²) in [5.74, 6) is 0.0793. The largest absolute Gasteiger partial charge is 0.352 e. The molecule has 2 aromatic carbocycles. The van der Waals surface area contributed by atoms with E-state index in [1.807, 2.05) is 24.3 Å². The third-order valence-corrected chi connectivity index (χ3v) is 4.41. The van der Waals surface area contributed by atoms with Gasteiger partial charge in [0.2, 0.25) is 0 Å². The highest BCUT2D eigenvalue weighted by Gasteiger charge is 2.17. The summed E-state index contributed by atoms with van der Waals surface area (Å²) >= 11 is 0. The Kier molecular flexibility index (Phi) is 7.63. The number of amides is 2. The fourth-order valence-corrected chi connectivity index (χ4v) is 3.00. The normalized spacial score (nSPS) is 16.2. The minimum absolute atomic E-state index is 0. The lowest BCUT2D eigenvalue weighted by Crippen LogP contribution is -2.38. The van der Waals surface area contributed by atoms with E-state index in [-0.39, 0.29) is 24.2 Å². The Morgan fingerprint density at radius 1 is 1.00 bits per heavy atom. The molecule has 1 aliphatic heterocycles. The van der Waals surface area contributed by atoms with Gasteiger partial charge in [-0.25, -0.2) is 0 Å². The van der Waals surface area contributed by atoms with Crippen LogP contribution < -0.4 is 16.0 Å². The van der Waals surface area contributed by atoms with Crippen molar-refractivity contribution in [2.45, 2.75) is 12.8 Å². The van der Waals surface area contributed by atoms with E-state index in [1.165, 1.54) is 0 Å². The number of para-hydroxylation sites is 1. The second-order valence-corrected chi connectivity index (χ2v) is 6.29. The highest BCUT2D eigenvalue weighted by Crippen LogP contribution is 2.17. The average molecular weight is 374 g/mol. The molecule has 2 amide bonds. The van der Waals surface area contributed by atoms with Crippen LogP contribution in [0.15, 0.2) is 54.6 Å². The Balaban J connectivity index is 0.00000243. The molecule has 6 heteroatoms. The summed E-state index contributed by atoms with van der Waals surface area (Å²) < 4.78 is 0. The van der Waals surface area contributed by atoms with Crippen molar-refractivity contribution in [1.29, 1.82) is 0 Å². The van der Waals surface area contributed by atoms with Crippen molar-refractivity contribution < 1.29 is 9.59 Å². The predicted octanol–water partition coefficient (Wildman–Crippen LogP) is 3.09. The number of carbonyl (C=O) groups is 2. The summed E-state index contributed by atoms with van der Waals surface area (Å²) in [6.45, 7) is 2.64. The van der Waals surface area contributed by atoms with E-state index < -0.39 is 0 Å². The van der Waals surface area contributed by atoms with Crippen LogP contribution >= 0.6 is 12.4 Å². The SMILES string of the molecule is Cl.O=C(Nc1ccccc1C(=O)NCC1CCCNC1)c1ccccc1. The maximum atomic E-state index is 12.5. The van der Waals surface area contributed by atoms with E-state index in [0.29, 0.717) is 29.3 Å². The number of anilines is 1. The van der Waals surface area contributed by atoms with Crippen LogP contribution in [0.3, 0.4) is 0 Å². The van der Waals surface area contributed by atoms with Crippen molar-refractivity contribution in [2.75, 3.05) is 25.0 Å². The Morgan fingerprint density at radius 3 is 2.46 bits per heavy atom. The number of nitrogens with one attached hydrogen (secondary N) is 3. The van der Waals surface area contributed by atoms with Gasteiger partial charge in [-0.2, -0.15) is 0 Å². The number of benzene rings is 2. The summed E-state index contributed by atoms with van der Waals surface area (Å²) in [4.78, 5) is 24.9. The van der Waals surface area contributed by atoms with Crippen molar-refractivity contribution >= 4 is 29.9 Å². The summed E-state index contributed by atoms with van der Waals surface area (Å²) in [5, 5.41) is 9.17. The Hall–Kier alpha value is -2.37. The van der Waals surface area contributed by atoms with Gasteiger partial charge in [-0.1, -0.05) is 30.3 Å². The molecule has 1 fully saturated rings. The molecule has 0 saturated carbocycles. The van der Waals surface area contributed by atoms with Crippen LogP contribution in [0.25, 0.3) is 0 Å². The van der Waals surface area contributed by atoms with Crippen LogP contribution in [0.5, 0.6) is 0 Å². The van der Waals surface area contributed by atoms with Crippen LogP contribution in [-0.4, -0.2) is 31.4 Å². The zero-order valence-corrected chi connectivity index (χ0v) is 15.4. The molecule has 3 rings (SSSR count). The predicted molar refractivity (Wildman–Crippen MR) is 106 cm³/mol. The van der Waals surface area contributed by atoms with E-state index in [4.69, 9.17) is 0 Å². The van der Waals surface area contributed by atoms with Gasteiger partial charge >= 0.3 is 0 Å². The van der Waals surface area contributed by atoms with Crippen molar-refractivity contribution in [1.82, 2.24) is 10.6 Å². The second kappa shape index (κ2) is 9.94. The standard InChI is InChI=1S/C20H23N3O2.ClH/c24-19(16-8-2-1-3-9-16)23-18-11-5-4-10-17(18)20(25)22-14-15-7-6-12-21-13-15;/h1-5,8-11,15,21H,6-7,12-14H2,(H,22,25)(H,23,24);1H. The first kappa shape index (κ1) is 19.9. The van der Waals surface area contributed by atoms with E-state index in [2.05, 4.69) is 16.0 Å². The number of rotatable bonds is 5. The van der Waals surface area contributed by atoms with E-state index >= 15 is 0 Å². The fraction of sp³-hybridized carbons (Fsp3) is 0.300. The van der Waals surface area contributed by atoms with Crippen molar-refractivity contribution in [3.63, 3.8) is 0 Å². The van der Waals surface area contributed by atoms with E-state index in [1.54, 1.807) is 30.3 Å². The molecule has 138 valence electrons. The molecule has 0 aliphatic carbocycles. The molecule has 1 saturated heterocycles. The van der Waals surface area contributed by atoms with Gasteiger partial charge in [0.15, 0.2) is 0 Å². The van der Waals surface area contributed by atoms with Gasteiger partial charge in [0, 0.05) is 12.1 Å². The molecule has 2 aromatic rings. The zero-order chi connectivity index (χ0) is 17.5. The highest BCUT2D eigenvalue weighted by atomic mass is 35.5. The molecule has 1 unspecified atom stereocenters. The fourth-order valence-electron chi connectivity index (χ4n) is 3.00. The van der Waals surface area contributed by atoms with Gasteiger partial charge in [0.05, 0.1) is 11.3 Å². The van der Waals surface area contributed by atoms with Crippen molar-refractivity contribution in [2.24, 2.45) is 5.92 Å². The molecule has 3 N–H and O–H groups in total. The maximum Gasteiger partial charge on any atom is 0.255 e. The number of carbonyl (C=O) groups excluding carboxylic acids is 2. The minimum atomic E-state index is -0.225. The molecular formula is C20H24ClN3O2. The molecule has 0 spiro atoms. The van der Waals surface area contributed by atoms with Gasteiger partial charge in [-0.15, -0.1) is 12.4 Å². The first-order valence-corrected chi connectivity index (χ1v) is 8.68. The molecule has 0 radical (unpaired) electrons. The first-order valence-electron chi connectivity index (χ1n) is 8.68. The molecular weight excluding hydrogens is 350 g/mol.